The molecule has 1 saturated heterocycles. The third-order valence-corrected chi connectivity index (χ3v) is 4.41. The van der Waals surface area contributed by atoms with Gasteiger partial charge in [-0.15, -0.1) is 0 Å². The lowest BCUT2D eigenvalue weighted by atomic mass is 10.0. The molecule has 0 saturated carbocycles. The van der Waals surface area contributed by atoms with Gasteiger partial charge in [0.1, 0.15) is 5.75 Å². The molecule has 4 heteroatoms. The molecule has 0 amide bonds. The van der Waals surface area contributed by atoms with Gasteiger partial charge in [-0.3, -0.25) is 0 Å². The van der Waals surface area contributed by atoms with E-state index in [9.17, 15) is 0 Å². The SMILES string of the molecule is COc1ccc(Cl)cc1CN[C@H]1CCN[C@H]1c1ccccc1. The van der Waals surface area contributed by atoms with Crippen LogP contribution < -0.4 is 15.4 Å². The zero-order valence-corrected chi connectivity index (χ0v) is 13.4. The van der Waals surface area contributed by atoms with E-state index in [-0.39, 0.29) is 0 Å². The minimum atomic E-state index is 0.353. The molecule has 0 bridgehead atoms. The maximum Gasteiger partial charge on any atom is 0.123 e. The molecule has 0 unspecified atom stereocenters. The Hall–Kier alpha value is -1.55. The highest BCUT2D eigenvalue weighted by Gasteiger charge is 2.27. The van der Waals surface area contributed by atoms with Crippen molar-refractivity contribution in [1.82, 2.24) is 10.6 Å². The molecular weight excluding hydrogens is 296 g/mol. The molecule has 0 spiro atoms. The van der Waals surface area contributed by atoms with Gasteiger partial charge in [0.2, 0.25) is 0 Å². The van der Waals surface area contributed by atoms with Crippen LogP contribution in [0.15, 0.2) is 48.5 Å². The van der Waals surface area contributed by atoms with Crippen LogP contribution in [-0.2, 0) is 6.54 Å². The molecule has 0 radical (unpaired) electrons. The highest BCUT2D eigenvalue weighted by atomic mass is 35.5. The van der Waals surface area contributed by atoms with Crippen molar-refractivity contribution >= 4 is 11.6 Å². The fraction of sp³-hybridized carbons (Fsp3) is 0.333. The van der Waals surface area contributed by atoms with E-state index >= 15 is 0 Å². The van der Waals surface area contributed by atoms with E-state index in [1.807, 2.05) is 18.2 Å². The molecule has 2 atom stereocenters. The standard InChI is InChI=1S/C18H21ClN2O/c1-22-17-8-7-15(19)11-14(17)12-21-16-9-10-20-18(16)13-5-3-2-4-6-13/h2-8,11,16,18,20-21H,9-10,12H2,1H3/t16-,18-/m0/s1. The molecule has 2 aromatic carbocycles. The predicted octanol–water partition coefficient (Wildman–Crippen LogP) is 3.54. The summed E-state index contributed by atoms with van der Waals surface area (Å²) in [6, 6.07) is 17.1. The van der Waals surface area contributed by atoms with Crippen LogP contribution in [0.2, 0.25) is 5.02 Å². The van der Waals surface area contributed by atoms with Crippen molar-refractivity contribution in [3.8, 4) is 5.75 Å². The highest BCUT2D eigenvalue weighted by Crippen LogP contribution is 2.26. The Bertz CT molecular complexity index is 618. The summed E-state index contributed by atoms with van der Waals surface area (Å²) in [5.41, 5.74) is 2.42. The summed E-state index contributed by atoms with van der Waals surface area (Å²) in [4.78, 5) is 0. The first-order valence-electron chi connectivity index (χ1n) is 7.62. The molecule has 1 aliphatic heterocycles. The Kier molecular flexibility index (Phi) is 4.98. The zero-order chi connectivity index (χ0) is 15.4. The van der Waals surface area contributed by atoms with Crippen LogP contribution in [-0.4, -0.2) is 19.7 Å². The van der Waals surface area contributed by atoms with E-state index in [1.165, 1.54) is 5.56 Å². The molecular formula is C18H21ClN2O. The fourth-order valence-corrected chi connectivity index (χ4v) is 3.25. The molecule has 22 heavy (non-hydrogen) atoms. The van der Waals surface area contributed by atoms with Crippen LogP contribution in [0, 0.1) is 0 Å². The summed E-state index contributed by atoms with van der Waals surface area (Å²) >= 11 is 6.10. The minimum absolute atomic E-state index is 0.353. The zero-order valence-electron chi connectivity index (χ0n) is 12.7. The van der Waals surface area contributed by atoms with Crippen molar-refractivity contribution in [2.75, 3.05) is 13.7 Å². The summed E-state index contributed by atoms with van der Waals surface area (Å²) in [6.45, 7) is 1.78. The van der Waals surface area contributed by atoms with Crippen molar-refractivity contribution in [2.45, 2.75) is 25.0 Å². The second-order valence-electron chi connectivity index (χ2n) is 5.57. The van der Waals surface area contributed by atoms with Crippen molar-refractivity contribution < 1.29 is 4.74 Å². The van der Waals surface area contributed by atoms with Crippen molar-refractivity contribution in [2.24, 2.45) is 0 Å². The first kappa shape index (κ1) is 15.3. The molecule has 1 aliphatic rings. The van der Waals surface area contributed by atoms with Gasteiger partial charge in [-0.1, -0.05) is 41.9 Å². The normalized spacial score (nSPS) is 21.0. The number of methoxy groups -OCH3 is 1. The van der Waals surface area contributed by atoms with Gasteiger partial charge in [0.05, 0.1) is 7.11 Å². The third kappa shape index (κ3) is 3.43. The van der Waals surface area contributed by atoms with Gasteiger partial charge in [0.25, 0.3) is 0 Å². The summed E-state index contributed by atoms with van der Waals surface area (Å²) in [6.07, 6.45) is 1.11. The second-order valence-corrected chi connectivity index (χ2v) is 6.01. The number of benzene rings is 2. The predicted molar refractivity (Wildman–Crippen MR) is 90.4 cm³/mol. The van der Waals surface area contributed by atoms with Gasteiger partial charge in [-0.25, -0.2) is 0 Å². The van der Waals surface area contributed by atoms with E-state index in [4.69, 9.17) is 16.3 Å². The molecule has 2 aromatic rings. The third-order valence-electron chi connectivity index (χ3n) is 4.18. The number of ether oxygens (including phenoxy) is 1. The van der Waals surface area contributed by atoms with Gasteiger partial charge >= 0.3 is 0 Å². The Morgan fingerprint density at radius 1 is 1.23 bits per heavy atom. The molecule has 0 aromatic heterocycles. The number of hydrogen-bond acceptors (Lipinski definition) is 3. The van der Waals surface area contributed by atoms with Crippen molar-refractivity contribution in [1.29, 1.82) is 0 Å². The van der Waals surface area contributed by atoms with Gasteiger partial charge in [0, 0.05) is 29.2 Å². The fourth-order valence-electron chi connectivity index (χ4n) is 3.06. The van der Waals surface area contributed by atoms with Gasteiger partial charge in [-0.2, -0.15) is 0 Å². The molecule has 3 rings (SSSR count). The van der Waals surface area contributed by atoms with Crippen LogP contribution >= 0.6 is 11.6 Å². The van der Waals surface area contributed by atoms with Crippen LogP contribution in [0.4, 0.5) is 0 Å². The average Bonchev–Trinajstić information content (AvgIpc) is 3.02. The second kappa shape index (κ2) is 7.14. The van der Waals surface area contributed by atoms with E-state index in [0.29, 0.717) is 12.1 Å². The van der Waals surface area contributed by atoms with E-state index in [2.05, 4.69) is 41.0 Å². The van der Waals surface area contributed by atoms with Gasteiger partial charge in [-0.05, 0) is 36.7 Å². The van der Waals surface area contributed by atoms with Gasteiger partial charge in [0.15, 0.2) is 0 Å². The summed E-state index contributed by atoms with van der Waals surface area (Å²) < 4.78 is 5.41. The number of hydrogen-bond donors (Lipinski definition) is 2. The lowest BCUT2D eigenvalue weighted by Gasteiger charge is -2.22. The number of rotatable bonds is 5. The smallest absolute Gasteiger partial charge is 0.123 e. The van der Waals surface area contributed by atoms with Crippen LogP contribution in [0.3, 0.4) is 0 Å². The van der Waals surface area contributed by atoms with Crippen molar-refractivity contribution in [3.63, 3.8) is 0 Å². The van der Waals surface area contributed by atoms with Crippen LogP contribution in [0.1, 0.15) is 23.6 Å². The lowest BCUT2D eigenvalue weighted by molar-refractivity contribution is 0.401. The lowest BCUT2D eigenvalue weighted by Crippen LogP contribution is -2.34. The first-order chi connectivity index (χ1) is 10.8. The number of halogens is 1. The first-order valence-corrected chi connectivity index (χ1v) is 8.00. The topological polar surface area (TPSA) is 33.3 Å². The summed E-state index contributed by atoms with van der Waals surface area (Å²) in [5.74, 6) is 0.874. The minimum Gasteiger partial charge on any atom is -0.496 e. The van der Waals surface area contributed by atoms with E-state index < -0.39 is 0 Å². The van der Waals surface area contributed by atoms with Gasteiger partial charge < -0.3 is 15.4 Å². The quantitative estimate of drug-likeness (QED) is 0.885. The van der Waals surface area contributed by atoms with E-state index in [0.717, 1.165) is 35.8 Å². The molecule has 2 N–H and O–H groups in total. The molecule has 0 aliphatic carbocycles. The number of nitrogens with one attached hydrogen (secondary N) is 2. The Balaban J connectivity index is 1.69. The average molecular weight is 317 g/mol. The monoisotopic (exact) mass is 316 g/mol. The van der Waals surface area contributed by atoms with Crippen LogP contribution in [0.25, 0.3) is 0 Å². The molecule has 116 valence electrons. The Labute approximate surface area is 136 Å². The Morgan fingerprint density at radius 3 is 2.82 bits per heavy atom. The largest absolute Gasteiger partial charge is 0.496 e. The Morgan fingerprint density at radius 2 is 2.05 bits per heavy atom. The highest BCUT2D eigenvalue weighted by molar-refractivity contribution is 6.30. The maximum absolute atomic E-state index is 6.10. The van der Waals surface area contributed by atoms with E-state index in [1.54, 1.807) is 7.11 Å². The molecule has 1 heterocycles. The van der Waals surface area contributed by atoms with Crippen LogP contribution in [0.5, 0.6) is 5.75 Å². The summed E-state index contributed by atoms with van der Waals surface area (Å²) in [5, 5.41) is 7.96. The maximum atomic E-state index is 6.10. The summed E-state index contributed by atoms with van der Waals surface area (Å²) in [7, 11) is 1.69. The molecule has 1 fully saturated rings. The molecule has 3 nitrogen and oxygen atoms in total. The van der Waals surface area contributed by atoms with Crippen molar-refractivity contribution in [3.05, 3.63) is 64.7 Å².